The lowest BCUT2D eigenvalue weighted by atomic mass is 10.2. The number of rotatable bonds is 4. The highest BCUT2D eigenvalue weighted by Gasteiger charge is 2.27. The fourth-order valence-corrected chi connectivity index (χ4v) is 2.52. The van der Waals surface area contributed by atoms with Crippen molar-refractivity contribution in [2.24, 2.45) is 0 Å². The summed E-state index contributed by atoms with van der Waals surface area (Å²) in [5.74, 6) is -0.867. The molecule has 0 radical (unpaired) electrons. The smallest absolute Gasteiger partial charge is 0.328 e. The van der Waals surface area contributed by atoms with Gasteiger partial charge >= 0.3 is 5.97 Å². The SMILES string of the molecule is O=C(O)/C=C/CN1CCC(N2CCOCC2)C1. The minimum atomic E-state index is -0.867. The van der Waals surface area contributed by atoms with Crippen molar-refractivity contribution in [2.75, 3.05) is 45.9 Å². The van der Waals surface area contributed by atoms with Crippen molar-refractivity contribution >= 4 is 5.97 Å². The van der Waals surface area contributed by atoms with Gasteiger partial charge in [-0.15, -0.1) is 0 Å². The van der Waals surface area contributed by atoms with Crippen LogP contribution >= 0.6 is 0 Å². The van der Waals surface area contributed by atoms with E-state index in [-0.39, 0.29) is 0 Å². The Morgan fingerprint density at radius 1 is 1.35 bits per heavy atom. The van der Waals surface area contributed by atoms with E-state index in [1.807, 2.05) is 0 Å². The molecular weight excluding hydrogens is 220 g/mol. The highest BCUT2D eigenvalue weighted by Crippen LogP contribution is 2.16. The minimum Gasteiger partial charge on any atom is -0.478 e. The van der Waals surface area contributed by atoms with E-state index in [0.29, 0.717) is 6.04 Å². The van der Waals surface area contributed by atoms with Gasteiger partial charge in [0.15, 0.2) is 0 Å². The van der Waals surface area contributed by atoms with Crippen LogP contribution in [0.2, 0.25) is 0 Å². The molecule has 0 aromatic carbocycles. The van der Waals surface area contributed by atoms with E-state index in [9.17, 15) is 4.79 Å². The summed E-state index contributed by atoms with van der Waals surface area (Å²) in [6.45, 7) is 6.60. The van der Waals surface area contributed by atoms with E-state index in [2.05, 4.69) is 9.80 Å². The first-order valence-corrected chi connectivity index (χ1v) is 6.19. The molecule has 0 saturated carbocycles. The van der Waals surface area contributed by atoms with Gasteiger partial charge in [-0.05, 0) is 6.42 Å². The van der Waals surface area contributed by atoms with Gasteiger partial charge in [0.25, 0.3) is 0 Å². The van der Waals surface area contributed by atoms with Crippen molar-refractivity contribution < 1.29 is 14.6 Å². The summed E-state index contributed by atoms with van der Waals surface area (Å²) in [7, 11) is 0. The van der Waals surface area contributed by atoms with Gasteiger partial charge in [-0.25, -0.2) is 4.79 Å². The number of carboxylic acids is 1. The van der Waals surface area contributed by atoms with Gasteiger partial charge in [-0.1, -0.05) is 6.08 Å². The zero-order valence-corrected chi connectivity index (χ0v) is 10.0. The van der Waals surface area contributed by atoms with Gasteiger partial charge in [0.05, 0.1) is 13.2 Å². The average molecular weight is 240 g/mol. The molecule has 0 aromatic heterocycles. The third kappa shape index (κ3) is 3.80. The predicted octanol–water partition coefficient (Wildman–Crippen LogP) is 0.0337. The van der Waals surface area contributed by atoms with E-state index in [1.165, 1.54) is 12.5 Å². The van der Waals surface area contributed by atoms with E-state index in [4.69, 9.17) is 9.84 Å². The maximum Gasteiger partial charge on any atom is 0.328 e. The lowest BCUT2D eigenvalue weighted by Crippen LogP contribution is -2.44. The lowest BCUT2D eigenvalue weighted by molar-refractivity contribution is -0.131. The summed E-state index contributed by atoms with van der Waals surface area (Å²) in [6, 6.07) is 0.622. The average Bonchev–Trinajstić information content (AvgIpc) is 2.78. The minimum absolute atomic E-state index is 0.622. The Bertz CT molecular complexity index is 287. The van der Waals surface area contributed by atoms with Crippen molar-refractivity contribution in [3.63, 3.8) is 0 Å². The molecule has 1 unspecified atom stereocenters. The van der Waals surface area contributed by atoms with Crippen molar-refractivity contribution in [3.05, 3.63) is 12.2 Å². The Hall–Kier alpha value is -0.910. The largest absolute Gasteiger partial charge is 0.478 e. The van der Waals surface area contributed by atoms with Crippen molar-refractivity contribution in [2.45, 2.75) is 12.5 Å². The molecule has 17 heavy (non-hydrogen) atoms. The third-order valence-electron chi connectivity index (χ3n) is 3.43. The van der Waals surface area contributed by atoms with Gasteiger partial charge in [-0.3, -0.25) is 9.80 Å². The molecule has 5 nitrogen and oxygen atoms in total. The van der Waals surface area contributed by atoms with Crippen LogP contribution in [0.15, 0.2) is 12.2 Å². The standard InChI is InChI=1S/C12H20N2O3/c15-12(16)2-1-4-13-5-3-11(10-13)14-6-8-17-9-7-14/h1-2,11H,3-10H2,(H,15,16)/b2-1+. The van der Waals surface area contributed by atoms with Crippen LogP contribution in [0.25, 0.3) is 0 Å². The van der Waals surface area contributed by atoms with Crippen LogP contribution in [0.1, 0.15) is 6.42 Å². The monoisotopic (exact) mass is 240 g/mol. The highest BCUT2D eigenvalue weighted by atomic mass is 16.5. The molecule has 0 aromatic rings. The normalized spacial score (nSPS) is 27.9. The van der Waals surface area contributed by atoms with Crippen LogP contribution in [-0.4, -0.2) is 72.9 Å². The fourth-order valence-electron chi connectivity index (χ4n) is 2.52. The second-order valence-electron chi connectivity index (χ2n) is 4.59. The maximum absolute atomic E-state index is 10.4. The molecule has 2 aliphatic heterocycles. The zero-order chi connectivity index (χ0) is 12.1. The second kappa shape index (κ2) is 6.14. The Labute approximate surface area is 102 Å². The van der Waals surface area contributed by atoms with Crippen LogP contribution in [-0.2, 0) is 9.53 Å². The molecule has 96 valence electrons. The van der Waals surface area contributed by atoms with Crippen molar-refractivity contribution in [3.8, 4) is 0 Å². The summed E-state index contributed by atoms with van der Waals surface area (Å²) in [4.78, 5) is 15.2. The zero-order valence-electron chi connectivity index (χ0n) is 10.0. The number of morpholine rings is 1. The number of aliphatic carboxylic acids is 1. The van der Waals surface area contributed by atoms with Crippen molar-refractivity contribution in [1.82, 2.24) is 9.80 Å². The first-order valence-electron chi connectivity index (χ1n) is 6.19. The number of hydrogen-bond acceptors (Lipinski definition) is 4. The Morgan fingerprint density at radius 3 is 2.82 bits per heavy atom. The first-order chi connectivity index (χ1) is 8.25. The number of carboxylic acid groups (broad SMARTS) is 1. The van der Waals surface area contributed by atoms with E-state index < -0.39 is 5.97 Å². The molecule has 0 bridgehead atoms. The van der Waals surface area contributed by atoms with Gasteiger partial charge in [-0.2, -0.15) is 0 Å². The number of carbonyl (C=O) groups is 1. The van der Waals surface area contributed by atoms with Crippen molar-refractivity contribution in [1.29, 1.82) is 0 Å². The van der Waals surface area contributed by atoms with E-state index in [0.717, 1.165) is 45.9 Å². The molecule has 2 fully saturated rings. The Balaban J connectivity index is 1.73. The molecule has 0 amide bonds. The van der Waals surface area contributed by atoms with Crippen LogP contribution in [0.5, 0.6) is 0 Å². The van der Waals surface area contributed by atoms with Crippen LogP contribution < -0.4 is 0 Å². The van der Waals surface area contributed by atoms with Crippen LogP contribution in [0, 0.1) is 0 Å². The van der Waals surface area contributed by atoms with Crippen LogP contribution in [0.4, 0.5) is 0 Å². The number of likely N-dealkylation sites (tertiary alicyclic amines) is 1. The molecule has 1 atom stereocenters. The molecule has 2 heterocycles. The van der Waals surface area contributed by atoms with Crippen LogP contribution in [0.3, 0.4) is 0 Å². The summed E-state index contributed by atoms with van der Waals surface area (Å²) < 4.78 is 5.35. The molecule has 1 N–H and O–H groups in total. The topological polar surface area (TPSA) is 53.0 Å². The van der Waals surface area contributed by atoms with Gasteiger partial charge in [0.2, 0.25) is 0 Å². The summed E-state index contributed by atoms with van der Waals surface area (Å²) in [6.07, 6.45) is 4.13. The maximum atomic E-state index is 10.4. The molecule has 2 saturated heterocycles. The summed E-state index contributed by atoms with van der Waals surface area (Å²) >= 11 is 0. The predicted molar refractivity (Wildman–Crippen MR) is 64.0 cm³/mol. The van der Waals surface area contributed by atoms with E-state index >= 15 is 0 Å². The molecule has 2 rings (SSSR count). The summed E-state index contributed by atoms with van der Waals surface area (Å²) in [5, 5.41) is 8.52. The second-order valence-corrected chi connectivity index (χ2v) is 4.59. The molecule has 5 heteroatoms. The molecule has 2 aliphatic rings. The highest BCUT2D eigenvalue weighted by molar-refractivity contribution is 5.79. The quantitative estimate of drug-likeness (QED) is 0.703. The van der Waals surface area contributed by atoms with Gasteiger partial charge < -0.3 is 9.84 Å². The molecular formula is C12H20N2O3. The lowest BCUT2D eigenvalue weighted by Gasteiger charge is -2.32. The number of hydrogen-bond donors (Lipinski definition) is 1. The molecule has 0 aliphatic carbocycles. The number of nitrogens with zero attached hydrogens (tertiary/aromatic N) is 2. The number of ether oxygens (including phenoxy) is 1. The Morgan fingerprint density at radius 2 is 2.12 bits per heavy atom. The van der Waals surface area contributed by atoms with Gasteiger partial charge in [0, 0.05) is 44.8 Å². The summed E-state index contributed by atoms with van der Waals surface area (Å²) in [5.41, 5.74) is 0. The van der Waals surface area contributed by atoms with E-state index in [1.54, 1.807) is 6.08 Å². The van der Waals surface area contributed by atoms with Gasteiger partial charge in [0.1, 0.15) is 0 Å². The fraction of sp³-hybridized carbons (Fsp3) is 0.750. The Kier molecular flexibility index (Phi) is 4.53. The third-order valence-corrected chi connectivity index (χ3v) is 3.43. The first kappa shape index (κ1) is 12.5. The molecule has 0 spiro atoms.